The van der Waals surface area contributed by atoms with Crippen molar-refractivity contribution in [2.75, 3.05) is 0 Å². The summed E-state index contributed by atoms with van der Waals surface area (Å²) in [6.45, 7) is 1.87. The number of unbranched alkanes of at least 4 members (excludes halogenated alkanes) is 4. The molecular weight excluding hydrogens is 312 g/mol. The van der Waals surface area contributed by atoms with Crippen LogP contribution in [-0.2, 0) is 9.53 Å². The van der Waals surface area contributed by atoms with Crippen molar-refractivity contribution in [2.45, 2.75) is 95.2 Å². The van der Waals surface area contributed by atoms with Crippen LogP contribution in [0.3, 0.4) is 0 Å². The minimum atomic E-state index is -0.752. The SMILES string of the molecule is CCC(O)/C=C/[C@H]1O[C@@H]([C@@H](O)CCCCCCCC(=O)O)C[C@@H]1O. The number of hydrogen-bond donors (Lipinski definition) is 4. The van der Waals surface area contributed by atoms with Crippen LogP contribution in [0.4, 0.5) is 0 Å². The Morgan fingerprint density at radius 1 is 1.21 bits per heavy atom. The molecule has 1 unspecified atom stereocenters. The maximum absolute atomic E-state index is 10.4. The molecule has 1 aliphatic rings. The average molecular weight is 344 g/mol. The van der Waals surface area contributed by atoms with E-state index in [1.54, 1.807) is 12.2 Å². The molecular formula is C18H32O6. The summed E-state index contributed by atoms with van der Waals surface area (Å²) in [6, 6.07) is 0. The maximum atomic E-state index is 10.4. The minimum absolute atomic E-state index is 0.220. The predicted molar refractivity (Wildman–Crippen MR) is 90.7 cm³/mol. The first-order valence-electron chi connectivity index (χ1n) is 9.03. The summed E-state index contributed by atoms with van der Waals surface area (Å²) < 4.78 is 5.69. The molecule has 4 N–H and O–H groups in total. The van der Waals surface area contributed by atoms with E-state index < -0.39 is 30.4 Å². The molecule has 0 aromatic rings. The Kier molecular flexibility index (Phi) is 10.2. The fourth-order valence-electron chi connectivity index (χ4n) is 2.86. The van der Waals surface area contributed by atoms with E-state index in [1.807, 2.05) is 6.92 Å². The third-order valence-corrected chi connectivity index (χ3v) is 4.45. The standard InChI is InChI=1S/C18H32O6/c1-2-13(19)10-11-16-15(21)12-17(24-16)14(20)8-6-4-3-5-7-9-18(22)23/h10-11,13-17,19-21H,2-9,12H2,1H3,(H,22,23)/b11-10+/t13?,14-,15-,16+,17+/m0/s1. The van der Waals surface area contributed by atoms with Crippen LogP contribution in [0.2, 0.25) is 0 Å². The molecule has 1 rings (SSSR count). The van der Waals surface area contributed by atoms with Crippen molar-refractivity contribution in [3.8, 4) is 0 Å². The van der Waals surface area contributed by atoms with Gasteiger partial charge in [0.2, 0.25) is 0 Å². The van der Waals surface area contributed by atoms with Crippen LogP contribution in [0.25, 0.3) is 0 Å². The van der Waals surface area contributed by atoms with Gasteiger partial charge in [0, 0.05) is 12.8 Å². The van der Waals surface area contributed by atoms with Crippen molar-refractivity contribution in [1.82, 2.24) is 0 Å². The van der Waals surface area contributed by atoms with E-state index in [0.29, 0.717) is 25.7 Å². The van der Waals surface area contributed by atoms with Crippen molar-refractivity contribution in [1.29, 1.82) is 0 Å². The number of rotatable bonds is 12. The Morgan fingerprint density at radius 2 is 1.88 bits per heavy atom. The largest absolute Gasteiger partial charge is 0.481 e. The molecule has 1 heterocycles. The molecule has 1 saturated heterocycles. The zero-order valence-electron chi connectivity index (χ0n) is 14.5. The lowest BCUT2D eigenvalue weighted by atomic mass is 10.0. The Labute approximate surface area is 144 Å². The van der Waals surface area contributed by atoms with Gasteiger partial charge in [0.1, 0.15) is 6.10 Å². The number of carbonyl (C=O) groups is 1. The predicted octanol–water partition coefficient (Wildman–Crippen LogP) is 2.01. The van der Waals surface area contributed by atoms with Crippen LogP contribution in [0.5, 0.6) is 0 Å². The second kappa shape index (κ2) is 11.6. The van der Waals surface area contributed by atoms with E-state index in [0.717, 1.165) is 25.7 Å². The van der Waals surface area contributed by atoms with Gasteiger partial charge >= 0.3 is 5.97 Å². The van der Waals surface area contributed by atoms with Gasteiger partial charge < -0.3 is 25.2 Å². The number of aliphatic hydroxyl groups is 3. The molecule has 0 aromatic heterocycles. The number of carboxylic acids is 1. The Hall–Kier alpha value is -0.950. The summed E-state index contributed by atoms with van der Waals surface area (Å²) in [5.74, 6) is -0.752. The summed E-state index contributed by atoms with van der Waals surface area (Å²) in [7, 11) is 0. The van der Waals surface area contributed by atoms with Crippen molar-refractivity contribution >= 4 is 5.97 Å². The Morgan fingerprint density at radius 3 is 2.54 bits per heavy atom. The average Bonchev–Trinajstić information content (AvgIpc) is 2.92. The van der Waals surface area contributed by atoms with Gasteiger partial charge in [-0.25, -0.2) is 0 Å². The third-order valence-electron chi connectivity index (χ3n) is 4.45. The topological polar surface area (TPSA) is 107 Å². The fourth-order valence-corrected chi connectivity index (χ4v) is 2.86. The van der Waals surface area contributed by atoms with E-state index in [1.165, 1.54) is 0 Å². The van der Waals surface area contributed by atoms with Crippen LogP contribution in [0.15, 0.2) is 12.2 Å². The van der Waals surface area contributed by atoms with E-state index in [4.69, 9.17) is 9.84 Å². The molecule has 140 valence electrons. The molecule has 1 aliphatic heterocycles. The van der Waals surface area contributed by atoms with Crippen molar-refractivity contribution in [3.63, 3.8) is 0 Å². The highest BCUT2D eigenvalue weighted by Crippen LogP contribution is 2.26. The van der Waals surface area contributed by atoms with E-state index in [2.05, 4.69) is 0 Å². The Balaban J connectivity index is 2.18. The van der Waals surface area contributed by atoms with Crippen LogP contribution in [0, 0.1) is 0 Å². The summed E-state index contributed by atoms with van der Waals surface area (Å²) in [5.41, 5.74) is 0. The molecule has 1 fully saturated rings. The minimum Gasteiger partial charge on any atom is -0.481 e. The van der Waals surface area contributed by atoms with Crippen LogP contribution in [0.1, 0.15) is 64.7 Å². The van der Waals surface area contributed by atoms with E-state index in [-0.39, 0.29) is 12.5 Å². The highest BCUT2D eigenvalue weighted by molar-refractivity contribution is 5.66. The van der Waals surface area contributed by atoms with Crippen molar-refractivity contribution < 1.29 is 30.0 Å². The van der Waals surface area contributed by atoms with E-state index in [9.17, 15) is 20.1 Å². The smallest absolute Gasteiger partial charge is 0.303 e. The van der Waals surface area contributed by atoms with Gasteiger partial charge in [-0.3, -0.25) is 4.79 Å². The summed E-state index contributed by atoms with van der Waals surface area (Å²) in [6.07, 6.45) is 6.89. The molecule has 6 heteroatoms. The zero-order valence-corrected chi connectivity index (χ0v) is 14.5. The van der Waals surface area contributed by atoms with Crippen LogP contribution < -0.4 is 0 Å². The molecule has 5 atom stereocenters. The summed E-state index contributed by atoms with van der Waals surface area (Å²) >= 11 is 0. The molecule has 0 aliphatic carbocycles. The lowest BCUT2D eigenvalue weighted by Crippen LogP contribution is -2.26. The maximum Gasteiger partial charge on any atom is 0.303 e. The number of aliphatic carboxylic acids is 1. The summed E-state index contributed by atoms with van der Waals surface area (Å²) in [4.78, 5) is 10.4. The molecule has 0 saturated carbocycles. The summed E-state index contributed by atoms with van der Waals surface area (Å²) in [5, 5.41) is 38.2. The lowest BCUT2D eigenvalue weighted by molar-refractivity contribution is -0.137. The van der Waals surface area contributed by atoms with Gasteiger partial charge in [-0.2, -0.15) is 0 Å². The van der Waals surface area contributed by atoms with E-state index >= 15 is 0 Å². The molecule has 0 bridgehead atoms. The third kappa shape index (κ3) is 8.24. The van der Waals surface area contributed by atoms with Crippen LogP contribution >= 0.6 is 0 Å². The van der Waals surface area contributed by atoms with Gasteiger partial charge in [-0.1, -0.05) is 44.8 Å². The van der Waals surface area contributed by atoms with Gasteiger partial charge in [-0.05, 0) is 19.3 Å². The number of ether oxygens (including phenoxy) is 1. The monoisotopic (exact) mass is 344 g/mol. The first kappa shape index (κ1) is 21.1. The molecule has 0 amide bonds. The molecule has 0 aromatic carbocycles. The van der Waals surface area contributed by atoms with Crippen molar-refractivity contribution in [3.05, 3.63) is 12.2 Å². The normalized spacial score (nSPS) is 26.8. The van der Waals surface area contributed by atoms with Gasteiger partial charge in [-0.15, -0.1) is 0 Å². The second-order valence-corrected chi connectivity index (χ2v) is 6.57. The van der Waals surface area contributed by atoms with Crippen molar-refractivity contribution in [2.24, 2.45) is 0 Å². The molecule has 6 nitrogen and oxygen atoms in total. The molecule has 24 heavy (non-hydrogen) atoms. The highest BCUT2D eigenvalue weighted by atomic mass is 16.5. The first-order chi connectivity index (χ1) is 11.4. The van der Waals surface area contributed by atoms with Gasteiger partial charge in [0.05, 0.1) is 24.4 Å². The fraction of sp³-hybridized carbons (Fsp3) is 0.833. The van der Waals surface area contributed by atoms with Gasteiger partial charge in [0.25, 0.3) is 0 Å². The number of aliphatic hydroxyl groups excluding tert-OH is 3. The van der Waals surface area contributed by atoms with Gasteiger partial charge in [0.15, 0.2) is 0 Å². The molecule has 0 radical (unpaired) electrons. The number of carboxylic acid groups (broad SMARTS) is 1. The number of hydrogen-bond acceptors (Lipinski definition) is 5. The second-order valence-electron chi connectivity index (χ2n) is 6.57. The first-order valence-corrected chi connectivity index (χ1v) is 9.03. The van der Waals surface area contributed by atoms with Crippen LogP contribution in [-0.4, -0.2) is 56.9 Å². The molecule has 0 spiro atoms. The zero-order chi connectivity index (χ0) is 17.9. The highest BCUT2D eigenvalue weighted by Gasteiger charge is 2.36. The Bertz CT molecular complexity index is 384. The quantitative estimate of drug-likeness (QED) is 0.319. The lowest BCUT2D eigenvalue weighted by Gasteiger charge is -2.18.